The van der Waals surface area contributed by atoms with Gasteiger partial charge in [0, 0.05) is 18.5 Å². The molecule has 0 bridgehead atoms. The third-order valence-electron chi connectivity index (χ3n) is 3.49. The van der Waals surface area contributed by atoms with Gasteiger partial charge in [0.15, 0.2) is 0 Å². The van der Waals surface area contributed by atoms with Crippen LogP contribution in [0.15, 0.2) is 24.3 Å². The number of para-hydroxylation sites is 1. The second-order valence-corrected chi connectivity index (χ2v) is 5.02. The molecule has 1 saturated carbocycles. The average Bonchev–Trinajstić information content (AvgIpc) is 2.89. The highest BCUT2D eigenvalue weighted by Crippen LogP contribution is 2.26. The van der Waals surface area contributed by atoms with Gasteiger partial charge in [-0.1, -0.05) is 25.0 Å². The number of carbonyl (C=O) groups is 1. The summed E-state index contributed by atoms with van der Waals surface area (Å²) in [4.78, 5) is 14.3. The summed E-state index contributed by atoms with van der Waals surface area (Å²) in [6.45, 7) is 0.541. The largest absolute Gasteiger partial charge is 0.507 e. The van der Waals surface area contributed by atoms with E-state index in [1.54, 1.807) is 24.3 Å². The molecule has 0 saturated heterocycles. The predicted octanol–water partition coefficient (Wildman–Crippen LogP) is 3.02. The first-order chi connectivity index (χ1) is 8.74. The molecule has 1 N–H and O–H groups in total. The van der Waals surface area contributed by atoms with E-state index in [9.17, 15) is 9.90 Å². The molecule has 0 unspecified atom stereocenters. The van der Waals surface area contributed by atoms with E-state index in [2.05, 4.69) is 0 Å². The van der Waals surface area contributed by atoms with E-state index in [-0.39, 0.29) is 17.7 Å². The quantitative estimate of drug-likeness (QED) is 0.852. The van der Waals surface area contributed by atoms with Gasteiger partial charge in [0.05, 0.1) is 5.56 Å². The monoisotopic (exact) mass is 267 g/mol. The molecule has 1 aromatic carbocycles. The molecule has 0 radical (unpaired) electrons. The highest BCUT2D eigenvalue weighted by Gasteiger charge is 2.27. The smallest absolute Gasteiger partial charge is 0.257 e. The van der Waals surface area contributed by atoms with E-state index in [1.165, 1.54) is 0 Å². The summed E-state index contributed by atoms with van der Waals surface area (Å²) < 4.78 is 0. The van der Waals surface area contributed by atoms with Gasteiger partial charge in [0.1, 0.15) is 5.75 Å². The fraction of sp³-hybridized carbons (Fsp3) is 0.500. The Bertz CT molecular complexity index is 416. The highest BCUT2D eigenvalue weighted by atomic mass is 35.5. The Balaban J connectivity index is 2.20. The van der Waals surface area contributed by atoms with Gasteiger partial charge in [-0.15, -0.1) is 11.6 Å². The number of phenols is 1. The van der Waals surface area contributed by atoms with E-state index in [4.69, 9.17) is 11.6 Å². The van der Waals surface area contributed by atoms with Gasteiger partial charge >= 0.3 is 0 Å². The second-order valence-electron chi connectivity index (χ2n) is 4.64. The lowest BCUT2D eigenvalue weighted by atomic mass is 10.1. The number of rotatable bonds is 4. The van der Waals surface area contributed by atoms with Crippen LogP contribution in [0.2, 0.25) is 0 Å². The standard InChI is InChI=1S/C14H18ClNO2/c15-9-10-16(11-5-1-2-6-11)14(18)12-7-3-4-8-13(12)17/h3-4,7-8,11,17H,1-2,5-6,9-10H2. The topological polar surface area (TPSA) is 40.5 Å². The molecule has 3 nitrogen and oxygen atoms in total. The Hall–Kier alpha value is -1.22. The molecule has 0 aromatic heterocycles. The van der Waals surface area contributed by atoms with Crippen molar-refractivity contribution in [2.75, 3.05) is 12.4 Å². The molecular formula is C14H18ClNO2. The van der Waals surface area contributed by atoms with Crippen molar-refractivity contribution < 1.29 is 9.90 Å². The van der Waals surface area contributed by atoms with Crippen molar-refractivity contribution in [3.8, 4) is 5.75 Å². The van der Waals surface area contributed by atoms with Gasteiger partial charge in [-0.2, -0.15) is 0 Å². The van der Waals surface area contributed by atoms with E-state index in [1.807, 2.05) is 4.90 Å². The summed E-state index contributed by atoms with van der Waals surface area (Å²) in [6, 6.07) is 6.96. The molecular weight excluding hydrogens is 250 g/mol. The molecule has 1 aliphatic rings. The van der Waals surface area contributed by atoms with Crippen LogP contribution in [-0.4, -0.2) is 34.4 Å². The number of amides is 1. The van der Waals surface area contributed by atoms with E-state index in [0.717, 1.165) is 25.7 Å². The normalized spacial score (nSPS) is 15.8. The number of hydrogen-bond acceptors (Lipinski definition) is 2. The van der Waals surface area contributed by atoms with Crippen molar-refractivity contribution in [1.29, 1.82) is 0 Å². The SMILES string of the molecule is O=C(c1ccccc1O)N(CCCl)C1CCCC1. The molecule has 0 atom stereocenters. The highest BCUT2D eigenvalue weighted by molar-refractivity contribution is 6.18. The number of aromatic hydroxyl groups is 1. The minimum absolute atomic E-state index is 0.0417. The fourth-order valence-corrected chi connectivity index (χ4v) is 2.75. The van der Waals surface area contributed by atoms with Crippen LogP contribution in [0.5, 0.6) is 5.75 Å². The van der Waals surface area contributed by atoms with Crippen molar-refractivity contribution in [1.82, 2.24) is 4.90 Å². The molecule has 2 rings (SSSR count). The molecule has 1 fully saturated rings. The number of nitrogens with zero attached hydrogens (tertiary/aromatic N) is 1. The second kappa shape index (κ2) is 6.10. The van der Waals surface area contributed by atoms with Gasteiger partial charge in [0.2, 0.25) is 0 Å². The van der Waals surface area contributed by atoms with Gasteiger partial charge in [-0.3, -0.25) is 4.79 Å². The predicted molar refractivity (Wildman–Crippen MR) is 72.1 cm³/mol. The zero-order chi connectivity index (χ0) is 13.0. The lowest BCUT2D eigenvalue weighted by molar-refractivity contribution is 0.0692. The van der Waals surface area contributed by atoms with Crippen molar-refractivity contribution >= 4 is 17.5 Å². The van der Waals surface area contributed by atoms with E-state index in [0.29, 0.717) is 18.0 Å². The maximum absolute atomic E-state index is 12.4. The molecule has 1 amide bonds. The number of alkyl halides is 1. The number of phenolic OH excluding ortho intramolecular Hbond substituents is 1. The number of halogens is 1. The first-order valence-electron chi connectivity index (χ1n) is 6.39. The molecule has 1 aromatic rings. The zero-order valence-corrected chi connectivity index (χ0v) is 11.1. The minimum Gasteiger partial charge on any atom is -0.507 e. The number of carbonyl (C=O) groups excluding carboxylic acids is 1. The summed E-state index contributed by atoms with van der Waals surface area (Å²) in [7, 11) is 0. The average molecular weight is 268 g/mol. The molecule has 0 aliphatic heterocycles. The van der Waals surface area contributed by atoms with Crippen LogP contribution in [-0.2, 0) is 0 Å². The first-order valence-corrected chi connectivity index (χ1v) is 6.92. The zero-order valence-electron chi connectivity index (χ0n) is 10.3. The summed E-state index contributed by atoms with van der Waals surface area (Å²) in [5, 5.41) is 9.76. The maximum Gasteiger partial charge on any atom is 0.257 e. The van der Waals surface area contributed by atoms with Crippen LogP contribution in [0, 0.1) is 0 Å². The lowest BCUT2D eigenvalue weighted by Gasteiger charge is -2.28. The summed E-state index contributed by atoms with van der Waals surface area (Å²) in [5.41, 5.74) is 0.370. The summed E-state index contributed by atoms with van der Waals surface area (Å²) >= 11 is 5.79. The van der Waals surface area contributed by atoms with Gasteiger partial charge in [-0.25, -0.2) is 0 Å². The van der Waals surface area contributed by atoms with Crippen molar-refractivity contribution in [2.45, 2.75) is 31.7 Å². The third-order valence-corrected chi connectivity index (χ3v) is 3.66. The van der Waals surface area contributed by atoms with Crippen molar-refractivity contribution in [3.05, 3.63) is 29.8 Å². The Labute approximate surface area is 112 Å². The lowest BCUT2D eigenvalue weighted by Crippen LogP contribution is -2.40. The first kappa shape index (κ1) is 13.2. The van der Waals surface area contributed by atoms with Crippen molar-refractivity contribution in [2.24, 2.45) is 0 Å². The molecule has 4 heteroatoms. The maximum atomic E-state index is 12.4. The number of hydrogen-bond donors (Lipinski definition) is 1. The third kappa shape index (κ3) is 2.78. The molecule has 18 heavy (non-hydrogen) atoms. The van der Waals surface area contributed by atoms with Crippen LogP contribution in [0.3, 0.4) is 0 Å². The van der Waals surface area contributed by atoms with Gasteiger partial charge < -0.3 is 10.0 Å². The van der Waals surface area contributed by atoms with Crippen LogP contribution < -0.4 is 0 Å². The van der Waals surface area contributed by atoms with E-state index >= 15 is 0 Å². The number of benzene rings is 1. The Morgan fingerprint density at radius 3 is 2.61 bits per heavy atom. The Morgan fingerprint density at radius 1 is 1.33 bits per heavy atom. The fourth-order valence-electron chi connectivity index (χ4n) is 2.57. The molecule has 0 heterocycles. The van der Waals surface area contributed by atoms with Crippen LogP contribution in [0.25, 0.3) is 0 Å². The summed E-state index contributed by atoms with van der Waals surface area (Å²) in [6.07, 6.45) is 4.40. The molecule has 98 valence electrons. The van der Waals surface area contributed by atoms with Crippen molar-refractivity contribution in [3.63, 3.8) is 0 Å². The minimum atomic E-state index is -0.111. The Morgan fingerprint density at radius 2 is 2.00 bits per heavy atom. The van der Waals surface area contributed by atoms with Crippen LogP contribution in [0.1, 0.15) is 36.0 Å². The Kier molecular flexibility index (Phi) is 4.48. The van der Waals surface area contributed by atoms with Crippen LogP contribution in [0.4, 0.5) is 0 Å². The summed E-state index contributed by atoms with van der Waals surface area (Å²) in [5.74, 6) is 0.358. The molecule has 0 spiro atoms. The molecule has 1 aliphatic carbocycles. The van der Waals surface area contributed by atoms with Crippen LogP contribution >= 0.6 is 11.6 Å². The van der Waals surface area contributed by atoms with Gasteiger partial charge in [-0.05, 0) is 25.0 Å². The van der Waals surface area contributed by atoms with E-state index < -0.39 is 0 Å². The van der Waals surface area contributed by atoms with Gasteiger partial charge in [0.25, 0.3) is 5.91 Å².